The summed E-state index contributed by atoms with van der Waals surface area (Å²) in [6, 6.07) is 1.79. The number of Topliss-reactive ketones (excluding diaryl/α,β-unsaturated/α-hetero) is 1. The van der Waals surface area contributed by atoms with Crippen LogP contribution in [0.15, 0.2) is 6.07 Å². The minimum atomic E-state index is 0.0161. The molecule has 4 heteroatoms. The minimum absolute atomic E-state index is 0.0161. The molecule has 0 spiro atoms. The quantitative estimate of drug-likeness (QED) is 0.807. The summed E-state index contributed by atoms with van der Waals surface area (Å²) >= 11 is 0. The van der Waals surface area contributed by atoms with E-state index in [4.69, 9.17) is 15.2 Å². The predicted octanol–water partition coefficient (Wildman–Crippen LogP) is 1.72. The number of nitrogens with two attached hydrogens (primary N) is 1. The molecule has 0 heterocycles. The third-order valence-corrected chi connectivity index (χ3v) is 3.41. The van der Waals surface area contributed by atoms with Crippen LogP contribution in [0.3, 0.4) is 0 Å². The van der Waals surface area contributed by atoms with Gasteiger partial charge in [0.1, 0.15) is 11.5 Å². The van der Waals surface area contributed by atoms with Gasteiger partial charge in [-0.15, -0.1) is 0 Å². The molecule has 2 N–H and O–H groups in total. The van der Waals surface area contributed by atoms with Crippen LogP contribution >= 0.6 is 0 Å². The van der Waals surface area contributed by atoms with Crippen molar-refractivity contribution in [3.63, 3.8) is 0 Å². The fourth-order valence-corrected chi connectivity index (χ4v) is 2.60. The van der Waals surface area contributed by atoms with E-state index in [1.54, 1.807) is 20.3 Å². The molecule has 0 bridgehead atoms. The van der Waals surface area contributed by atoms with Gasteiger partial charge in [-0.2, -0.15) is 0 Å². The number of carbonyl (C=O) groups is 1. The predicted molar refractivity (Wildman–Crippen MR) is 69.6 cm³/mol. The molecule has 0 saturated carbocycles. The number of rotatable bonds is 5. The van der Waals surface area contributed by atoms with Crippen LogP contribution in [0, 0.1) is 0 Å². The van der Waals surface area contributed by atoms with Crippen molar-refractivity contribution in [2.24, 2.45) is 5.73 Å². The van der Waals surface area contributed by atoms with Crippen LogP contribution in [0.25, 0.3) is 0 Å². The van der Waals surface area contributed by atoms with Gasteiger partial charge in [-0.25, -0.2) is 0 Å². The fourth-order valence-electron chi connectivity index (χ4n) is 2.60. The number of benzene rings is 1. The fraction of sp³-hybridized carbons (Fsp3) is 0.500. The zero-order chi connectivity index (χ0) is 13.1. The highest BCUT2D eigenvalue weighted by Crippen LogP contribution is 2.40. The molecule has 0 saturated heterocycles. The van der Waals surface area contributed by atoms with Crippen LogP contribution < -0.4 is 15.2 Å². The standard InChI is InChI=1S/C14H19NO3/c1-17-13-8-11(12(16)6-7-15)14(18-2)10-5-3-4-9(10)13/h8H,3-7,15H2,1-2H3. The molecule has 0 radical (unpaired) electrons. The van der Waals surface area contributed by atoms with E-state index in [1.807, 2.05) is 0 Å². The lowest BCUT2D eigenvalue weighted by molar-refractivity contribution is 0.0982. The van der Waals surface area contributed by atoms with Gasteiger partial charge in [0, 0.05) is 17.5 Å². The maximum atomic E-state index is 12.1. The second-order valence-electron chi connectivity index (χ2n) is 4.43. The number of ether oxygens (including phenoxy) is 2. The number of ketones is 1. The zero-order valence-corrected chi connectivity index (χ0v) is 10.9. The van der Waals surface area contributed by atoms with Crippen molar-refractivity contribution in [3.05, 3.63) is 22.8 Å². The first kappa shape index (κ1) is 12.9. The molecule has 1 aliphatic rings. The molecule has 98 valence electrons. The highest BCUT2D eigenvalue weighted by molar-refractivity contribution is 6.00. The molecule has 0 atom stereocenters. The Morgan fingerprint density at radius 1 is 1.28 bits per heavy atom. The molecule has 1 aromatic rings. The summed E-state index contributed by atoms with van der Waals surface area (Å²) in [6.07, 6.45) is 3.34. The van der Waals surface area contributed by atoms with Gasteiger partial charge in [0.15, 0.2) is 5.78 Å². The maximum Gasteiger partial charge on any atom is 0.168 e. The van der Waals surface area contributed by atoms with Crippen LogP contribution in [-0.4, -0.2) is 26.5 Å². The normalized spacial score (nSPS) is 13.3. The molecule has 0 amide bonds. The van der Waals surface area contributed by atoms with Crippen molar-refractivity contribution in [1.82, 2.24) is 0 Å². The Bertz CT molecular complexity index is 469. The first-order chi connectivity index (χ1) is 8.72. The first-order valence-electron chi connectivity index (χ1n) is 6.23. The van der Waals surface area contributed by atoms with E-state index in [9.17, 15) is 4.79 Å². The molecule has 0 aliphatic heterocycles. The molecule has 0 aromatic heterocycles. The summed E-state index contributed by atoms with van der Waals surface area (Å²) in [5, 5.41) is 0. The Kier molecular flexibility index (Phi) is 3.87. The van der Waals surface area contributed by atoms with Gasteiger partial charge in [0.25, 0.3) is 0 Å². The monoisotopic (exact) mass is 249 g/mol. The molecule has 1 aromatic carbocycles. The van der Waals surface area contributed by atoms with Gasteiger partial charge in [-0.05, 0) is 31.9 Å². The van der Waals surface area contributed by atoms with E-state index in [-0.39, 0.29) is 5.78 Å². The largest absolute Gasteiger partial charge is 0.496 e. The maximum absolute atomic E-state index is 12.1. The van der Waals surface area contributed by atoms with E-state index in [2.05, 4.69) is 0 Å². The lowest BCUT2D eigenvalue weighted by atomic mass is 9.99. The van der Waals surface area contributed by atoms with Crippen LogP contribution in [0.1, 0.15) is 34.3 Å². The van der Waals surface area contributed by atoms with Gasteiger partial charge in [-0.3, -0.25) is 4.79 Å². The average Bonchev–Trinajstić information content (AvgIpc) is 2.86. The summed E-state index contributed by atoms with van der Waals surface area (Å²) in [5.74, 6) is 1.52. The first-order valence-corrected chi connectivity index (χ1v) is 6.23. The van der Waals surface area contributed by atoms with E-state index in [0.29, 0.717) is 24.3 Å². The molecule has 1 aliphatic carbocycles. The second-order valence-corrected chi connectivity index (χ2v) is 4.43. The van der Waals surface area contributed by atoms with Gasteiger partial charge < -0.3 is 15.2 Å². The third-order valence-electron chi connectivity index (χ3n) is 3.41. The topological polar surface area (TPSA) is 61.5 Å². The lowest BCUT2D eigenvalue weighted by Crippen LogP contribution is -2.11. The van der Waals surface area contributed by atoms with Crippen LogP contribution in [0.4, 0.5) is 0 Å². The number of hydrogen-bond donors (Lipinski definition) is 1. The number of carbonyl (C=O) groups excluding carboxylic acids is 1. The zero-order valence-electron chi connectivity index (χ0n) is 10.9. The minimum Gasteiger partial charge on any atom is -0.496 e. The van der Waals surface area contributed by atoms with Crippen molar-refractivity contribution in [1.29, 1.82) is 0 Å². The summed E-state index contributed by atoms with van der Waals surface area (Å²) in [6.45, 7) is 0.349. The highest BCUT2D eigenvalue weighted by atomic mass is 16.5. The summed E-state index contributed by atoms with van der Waals surface area (Å²) in [4.78, 5) is 12.1. The van der Waals surface area contributed by atoms with Crippen LogP contribution in [0.5, 0.6) is 11.5 Å². The van der Waals surface area contributed by atoms with Gasteiger partial charge >= 0.3 is 0 Å². The lowest BCUT2D eigenvalue weighted by Gasteiger charge is -2.15. The van der Waals surface area contributed by atoms with E-state index >= 15 is 0 Å². The summed E-state index contributed by atoms with van der Waals surface area (Å²) < 4.78 is 10.8. The van der Waals surface area contributed by atoms with Gasteiger partial charge in [0.05, 0.1) is 19.8 Å². The third kappa shape index (κ3) is 2.08. The molecule has 2 rings (SSSR count). The van der Waals surface area contributed by atoms with Crippen molar-refractivity contribution < 1.29 is 14.3 Å². The molecule has 0 unspecified atom stereocenters. The summed E-state index contributed by atoms with van der Waals surface area (Å²) in [7, 11) is 3.25. The Morgan fingerprint density at radius 2 is 2.00 bits per heavy atom. The molecular formula is C14H19NO3. The number of hydrogen-bond acceptors (Lipinski definition) is 4. The Morgan fingerprint density at radius 3 is 2.61 bits per heavy atom. The van der Waals surface area contributed by atoms with Crippen molar-refractivity contribution in [2.45, 2.75) is 25.7 Å². The molecular weight excluding hydrogens is 230 g/mol. The Balaban J connectivity index is 2.55. The molecule has 18 heavy (non-hydrogen) atoms. The molecule has 0 fully saturated rings. The van der Waals surface area contributed by atoms with Crippen molar-refractivity contribution in [3.8, 4) is 11.5 Å². The van der Waals surface area contributed by atoms with Crippen molar-refractivity contribution in [2.75, 3.05) is 20.8 Å². The number of fused-ring (bicyclic) bond motifs is 1. The van der Waals surface area contributed by atoms with Gasteiger partial charge in [-0.1, -0.05) is 0 Å². The van der Waals surface area contributed by atoms with Crippen LogP contribution in [0.2, 0.25) is 0 Å². The average molecular weight is 249 g/mol. The van der Waals surface area contributed by atoms with Crippen molar-refractivity contribution >= 4 is 5.78 Å². The SMILES string of the molecule is COc1cc(C(=O)CCN)c(OC)c2c1CCC2. The van der Waals surface area contributed by atoms with Gasteiger partial charge in [0.2, 0.25) is 0 Å². The smallest absolute Gasteiger partial charge is 0.168 e. The summed E-state index contributed by atoms with van der Waals surface area (Å²) in [5.41, 5.74) is 8.35. The van der Waals surface area contributed by atoms with E-state index < -0.39 is 0 Å². The number of methoxy groups -OCH3 is 2. The Hall–Kier alpha value is -1.55. The second kappa shape index (κ2) is 5.40. The Labute approximate surface area is 107 Å². The van der Waals surface area contributed by atoms with E-state index in [0.717, 1.165) is 30.6 Å². The van der Waals surface area contributed by atoms with E-state index in [1.165, 1.54) is 5.56 Å². The highest BCUT2D eigenvalue weighted by Gasteiger charge is 2.25. The van der Waals surface area contributed by atoms with Crippen LogP contribution in [-0.2, 0) is 12.8 Å². The molecule has 4 nitrogen and oxygen atoms in total.